The van der Waals surface area contributed by atoms with Crippen LogP contribution in [0.5, 0.6) is 11.5 Å². The maximum atomic E-state index is 14.2. The number of nitrogens with zero attached hydrogens (tertiary/aromatic N) is 1. The molecule has 0 aliphatic carbocycles. The van der Waals surface area contributed by atoms with Gasteiger partial charge in [0, 0.05) is 39.1 Å². The van der Waals surface area contributed by atoms with Crippen LogP contribution in [0.1, 0.15) is 61.6 Å². The van der Waals surface area contributed by atoms with Crippen LogP contribution in [0.3, 0.4) is 0 Å². The summed E-state index contributed by atoms with van der Waals surface area (Å²) < 4.78 is 5.98. The Kier molecular flexibility index (Phi) is 19.0. The lowest BCUT2D eigenvalue weighted by Crippen LogP contribution is -2.48. The Bertz CT molecular complexity index is 1710. The van der Waals surface area contributed by atoms with Crippen molar-refractivity contribution in [2.45, 2.75) is 57.5 Å². The summed E-state index contributed by atoms with van der Waals surface area (Å²) in [5.74, 6) is -1.39. The van der Waals surface area contributed by atoms with Crippen LogP contribution in [-0.2, 0) is 25.7 Å². The van der Waals surface area contributed by atoms with Crippen molar-refractivity contribution in [1.82, 2.24) is 31.9 Å². The van der Waals surface area contributed by atoms with Crippen molar-refractivity contribution < 1.29 is 33.8 Å². The second kappa shape index (κ2) is 24.2. The predicted octanol–water partition coefficient (Wildman–Crippen LogP) is 1.48. The largest absolute Gasteiger partial charge is 0.508 e. The number of unbranched alkanes of at least 4 members (excludes halogenated alkanes) is 1. The standard InChI is InChI=1S/C39H53N9O7/c1-2-33(50)43-21-22-45-39(54)48-38(41)44-20-9-14-32(36(52)46-26-27-15-17-30(49)18-16-27)47-37(53)35(28-10-4-3-5-11-28)29-12-8-13-31(24-29)55-23-7-6-19-42-34(51)25-40/h3-5,8,10-13,15-18,24,32,35,49H,2,6-7,9,14,19-23,25-26,40H2,1H3,(H,42,51)(H,43,50)(H,46,52)(H,47,53)(H4,41,44,45,48,54)/t32-,35?/m1/s1. The summed E-state index contributed by atoms with van der Waals surface area (Å²) in [5, 5.41) is 26.2. The van der Waals surface area contributed by atoms with Crippen LogP contribution in [0.25, 0.3) is 0 Å². The Morgan fingerprint density at radius 2 is 1.44 bits per heavy atom. The van der Waals surface area contributed by atoms with E-state index in [1.165, 1.54) is 12.1 Å². The lowest BCUT2D eigenvalue weighted by Gasteiger charge is -2.24. The minimum atomic E-state index is -0.948. The highest BCUT2D eigenvalue weighted by Crippen LogP contribution is 2.28. The van der Waals surface area contributed by atoms with Crippen LogP contribution in [0.2, 0.25) is 0 Å². The average molecular weight is 760 g/mol. The van der Waals surface area contributed by atoms with E-state index in [1.54, 1.807) is 37.3 Å². The number of phenols is 1. The van der Waals surface area contributed by atoms with Gasteiger partial charge in [0.05, 0.1) is 19.1 Å². The van der Waals surface area contributed by atoms with E-state index in [9.17, 15) is 29.1 Å². The number of rotatable bonds is 22. The van der Waals surface area contributed by atoms with Crippen molar-refractivity contribution in [3.8, 4) is 11.5 Å². The average Bonchev–Trinajstić information content (AvgIpc) is 3.19. The molecule has 55 heavy (non-hydrogen) atoms. The number of guanidine groups is 1. The zero-order chi connectivity index (χ0) is 39.8. The number of hydrogen-bond acceptors (Lipinski definition) is 8. The first-order chi connectivity index (χ1) is 26.6. The normalized spacial score (nSPS) is 12.1. The van der Waals surface area contributed by atoms with Crippen molar-refractivity contribution in [2.75, 3.05) is 39.3 Å². The van der Waals surface area contributed by atoms with Gasteiger partial charge in [-0.15, -0.1) is 0 Å². The van der Waals surface area contributed by atoms with Gasteiger partial charge in [0.1, 0.15) is 17.5 Å². The molecule has 6 amide bonds. The Labute approximate surface area is 321 Å². The van der Waals surface area contributed by atoms with E-state index in [0.717, 1.165) is 5.56 Å². The third kappa shape index (κ3) is 16.6. The fraction of sp³-hybridized carbons (Fsp3) is 0.385. The molecule has 0 radical (unpaired) electrons. The summed E-state index contributed by atoms with van der Waals surface area (Å²) in [4.78, 5) is 66.3. The number of nitrogens with two attached hydrogens (primary N) is 2. The number of urea groups is 1. The van der Waals surface area contributed by atoms with Gasteiger partial charge in [-0.1, -0.05) is 61.5 Å². The molecular formula is C39H53N9O7. The molecule has 11 N–H and O–H groups in total. The van der Waals surface area contributed by atoms with Crippen LogP contribution in [-0.4, -0.2) is 86.1 Å². The Morgan fingerprint density at radius 1 is 0.745 bits per heavy atom. The Hall–Kier alpha value is -6.16. The molecule has 16 heteroatoms. The number of ether oxygens (including phenoxy) is 1. The molecule has 0 bridgehead atoms. The second-order valence-corrected chi connectivity index (χ2v) is 12.5. The first-order valence-corrected chi connectivity index (χ1v) is 18.3. The maximum absolute atomic E-state index is 14.2. The minimum absolute atomic E-state index is 0.0573. The number of carbonyl (C=O) groups is 5. The number of phenolic OH excluding ortho intramolecular Hbond substituents is 1. The molecule has 0 aliphatic rings. The monoisotopic (exact) mass is 759 g/mol. The third-order valence-corrected chi connectivity index (χ3v) is 8.21. The number of aromatic hydroxyl groups is 1. The van der Waals surface area contributed by atoms with Crippen LogP contribution in [0.15, 0.2) is 83.9 Å². The lowest BCUT2D eigenvalue weighted by atomic mass is 9.90. The van der Waals surface area contributed by atoms with Crippen molar-refractivity contribution in [2.24, 2.45) is 16.5 Å². The Balaban J connectivity index is 1.69. The molecule has 0 saturated carbocycles. The molecule has 3 rings (SSSR count). The number of amides is 6. The van der Waals surface area contributed by atoms with Gasteiger partial charge in [-0.25, -0.2) is 4.79 Å². The van der Waals surface area contributed by atoms with E-state index < -0.39 is 29.8 Å². The van der Waals surface area contributed by atoms with Crippen molar-refractivity contribution in [3.63, 3.8) is 0 Å². The van der Waals surface area contributed by atoms with E-state index >= 15 is 0 Å². The highest BCUT2D eigenvalue weighted by atomic mass is 16.5. The van der Waals surface area contributed by atoms with E-state index in [-0.39, 0.29) is 62.7 Å². The molecule has 0 saturated heterocycles. The maximum Gasteiger partial charge on any atom is 0.344 e. The second-order valence-electron chi connectivity index (χ2n) is 12.5. The Morgan fingerprint density at radius 3 is 2.16 bits per heavy atom. The van der Waals surface area contributed by atoms with Crippen LogP contribution in [0.4, 0.5) is 4.79 Å². The van der Waals surface area contributed by atoms with Gasteiger partial charge in [0.15, 0.2) is 5.96 Å². The predicted molar refractivity (Wildman–Crippen MR) is 209 cm³/mol. The van der Waals surface area contributed by atoms with Crippen molar-refractivity contribution >= 4 is 35.6 Å². The van der Waals surface area contributed by atoms with Gasteiger partial charge >= 0.3 is 6.03 Å². The number of benzene rings is 3. The third-order valence-electron chi connectivity index (χ3n) is 8.21. The van der Waals surface area contributed by atoms with Gasteiger partial charge in [0.2, 0.25) is 23.6 Å². The molecule has 3 aromatic carbocycles. The summed E-state index contributed by atoms with van der Waals surface area (Å²) in [5.41, 5.74) is 13.3. The molecule has 0 heterocycles. The zero-order valence-corrected chi connectivity index (χ0v) is 31.1. The zero-order valence-electron chi connectivity index (χ0n) is 31.1. The van der Waals surface area contributed by atoms with Crippen molar-refractivity contribution in [1.29, 1.82) is 0 Å². The summed E-state index contributed by atoms with van der Waals surface area (Å²) in [7, 11) is 0. The van der Waals surface area contributed by atoms with Crippen LogP contribution >= 0.6 is 0 Å². The molecule has 2 atom stereocenters. The van der Waals surface area contributed by atoms with E-state index in [1.807, 2.05) is 36.4 Å². The first kappa shape index (κ1) is 43.2. The fourth-order valence-corrected chi connectivity index (χ4v) is 5.30. The van der Waals surface area contributed by atoms with Gasteiger partial charge in [-0.3, -0.25) is 19.2 Å². The molecule has 0 spiro atoms. The van der Waals surface area contributed by atoms with Gasteiger partial charge in [-0.2, -0.15) is 4.99 Å². The molecular weight excluding hydrogens is 706 g/mol. The number of hydrogen-bond donors (Lipinski definition) is 9. The van der Waals surface area contributed by atoms with Gasteiger partial charge in [-0.05, 0) is 66.6 Å². The lowest BCUT2D eigenvalue weighted by molar-refractivity contribution is -0.129. The summed E-state index contributed by atoms with van der Waals surface area (Å²) in [6.45, 7) is 3.42. The van der Waals surface area contributed by atoms with E-state index in [2.05, 4.69) is 36.9 Å². The molecule has 16 nitrogen and oxygen atoms in total. The first-order valence-electron chi connectivity index (χ1n) is 18.3. The van der Waals surface area contributed by atoms with E-state index in [0.29, 0.717) is 55.7 Å². The van der Waals surface area contributed by atoms with E-state index in [4.69, 9.17) is 16.2 Å². The number of nitrogens with one attached hydrogen (secondary N) is 6. The van der Waals surface area contributed by atoms with Gasteiger partial charge in [0.25, 0.3) is 0 Å². The number of carbonyl (C=O) groups excluding carboxylic acids is 5. The fourth-order valence-electron chi connectivity index (χ4n) is 5.30. The molecule has 3 aromatic rings. The minimum Gasteiger partial charge on any atom is -0.508 e. The van der Waals surface area contributed by atoms with Crippen molar-refractivity contribution in [3.05, 3.63) is 95.6 Å². The smallest absolute Gasteiger partial charge is 0.344 e. The quantitative estimate of drug-likeness (QED) is 0.0405. The topological polar surface area (TPSA) is 251 Å². The highest BCUT2D eigenvalue weighted by Gasteiger charge is 2.28. The van der Waals surface area contributed by atoms with Crippen LogP contribution in [0, 0.1) is 0 Å². The molecule has 0 aliphatic heterocycles. The highest BCUT2D eigenvalue weighted by molar-refractivity contribution is 5.93. The van der Waals surface area contributed by atoms with Gasteiger partial charge < -0.3 is 53.2 Å². The number of aliphatic imine (C=N–C) groups is 1. The summed E-state index contributed by atoms with van der Waals surface area (Å²) in [6.07, 6.45) is 2.33. The molecule has 1 unspecified atom stereocenters. The summed E-state index contributed by atoms with van der Waals surface area (Å²) >= 11 is 0. The van der Waals surface area contributed by atoms with Crippen LogP contribution < -0.4 is 48.1 Å². The SMILES string of the molecule is CCC(=O)NCCNC(=O)/N=C(/N)NCCC[C@@H](NC(=O)C(c1ccccc1)c1cccc(OCCCCNC(=O)CN)c1)C(=O)NCc1ccc(O)cc1. The molecule has 0 fully saturated rings. The summed E-state index contributed by atoms with van der Waals surface area (Å²) in [6, 6.07) is 21.2. The molecule has 296 valence electrons. The molecule has 0 aromatic heterocycles.